The van der Waals surface area contributed by atoms with E-state index in [9.17, 15) is 4.79 Å². The first-order valence-electron chi connectivity index (χ1n) is 4.64. The molecule has 4 nitrogen and oxygen atoms in total. The Hall–Kier alpha value is -1.58. The van der Waals surface area contributed by atoms with Crippen LogP contribution in [-0.4, -0.2) is 17.5 Å². The zero-order valence-electron chi connectivity index (χ0n) is 7.77. The minimum atomic E-state index is -0.455. The summed E-state index contributed by atoms with van der Waals surface area (Å²) in [5, 5.41) is 0. The minimum Gasteiger partial charge on any atom is -0.477 e. The van der Waals surface area contributed by atoms with Crippen LogP contribution in [0, 0.1) is 5.92 Å². The van der Waals surface area contributed by atoms with Crippen LogP contribution < -0.4 is 10.5 Å². The fourth-order valence-corrected chi connectivity index (χ4v) is 1.13. The Morgan fingerprint density at radius 3 is 3.07 bits per heavy atom. The molecule has 2 rings (SSSR count). The summed E-state index contributed by atoms with van der Waals surface area (Å²) < 4.78 is 5.40. The molecule has 0 bridgehead atoms. The zero-order chi connectivity index (χ0) is 9.97. The minimum absolute atomic E-state index is 0.436. The van der Waals surface area contributed by atoms with Crippen LogP contribution in [0.5, 0.6) is 5.88 Å². The van der Waals surface area contributed by atoms with Crippen molar-refractivity contribution in [2.45, 2.75) is 12.8 Å². The molecule has 0 radical (unpaired) electrons. The largest absolute Gasteiger partial charge is 0.477 e. The summed E-state index contributed by atoms with van der Waals surface area (Å²) in [7, 11) is 0. The maximum atomic E-state index is 10.8. The number of primary amides is 1. The van der Waals surface area contributed by atoms with Crippen LogP contribution in [0.4, 0.5) is 0 Å². The first-order valence-corrected chi connectivity index (χ1v) is 4.64. The van der Waals surface area contributed by atoms with Crippen molar-refractivity contribution in [1.82, 2.24) is 4.98 Å². The second kappa shape index (κ2) is 3.65. The van der Waals surface area contributed by atoms with E-state index >= 15 is 0 Å². The molecule has 4 heteroatoms. The predicted octanol–water partition coefficient (Wildman–Crippen LogP) is 0.969. The van der Waals surface area contributed by atoms with Crippen LogP contribution in [0.3, 0.4) is 0 Å². The first-order chi connectivity index (χ1) is 6.75. The van der Waals surface area contributed by atoms with Gasteiger partial charge in [-0.05, 0) is 24.8 Å². The molecule has 1 aliphatic carbocycles. The Morgan fingerprint density at radius 2 is 2.43 bits per heavy atom. The first kappa shape index (κ1) is 8.99. The SMILES string of the molecule is NC(=O)c1ccnc(OCC2CC2)c1. The lowest BCUT2D eigenvalue weighted by molar-refractivity contribution is 0.0999. The second-order valence-electron chi connectivity index (χ2n) is 3.50. The van der Waals surface area contributed by atoms with Crippen LogP contribution in [-0.2, 0) is 0 Å². The number of hydrogen-bond donors (Lipinski definition) is 1. The van der Waals surface area contributed by atoms with Gasteiger partial charge < -0.3 is 10.5 Å². The summed E-state index contributed by atoms with van der Waals surface area (Å²) in [5.74, 6) is 0.700. The molecular formula is C10H12N2O2. The van der Waals surface area contributed by atoms with E-state index in [1.807, 2.05) is 0 Å². The molecule has 1 heterocycles. The van der Waals surface area contributed by atoms with Gasteiger partial charge in [-0.15, -0.1) is 0 Å². The van der Waals surface area contributed by atoms with Gasteiger partial charge in [-0.2, -0.15) is 0 Å². The molecule has 0 unspecified atom stereocenters. The van der Waals surface area contributed by atoms with Crippen molar-refractivity contribution >= 4 is 5.91 Å². The van der Waals surface area contributed by atoms with Gasteiger partial charge in [0.2, 0.25) is 11.8 Å². The maximum absolute atomic E-state index is 10.8. The number of ether oxygens (including phenoxy) is 1. The smallest absolute Gasteiger partial charge is 0.248 e. The fourth-order valence-electron chi connectivity index (χ4n) is 1.13. The maximum Gasteiger partial charge on any atom is 0.248 e. The summed E-state index contributed by atoms with van der Waals surface area (Å²) in [6.07, 6.45) is 3.99. The number of nitrogens with zero attached hydrogens (tertiary/aromatic N) is 1. The topological polar surface area (TPSA) is 65.2 Å². The predicted molar refractivity (Wildman–Crippen MR) is 51.0 cm³/mol. The molecular weight excluding hydrogens is 180 g/mol. The van der Waals surface area contributed by atoms with E-state index < -0.39 is 5.91 Å². The molecule has 0 spiro atoms. The van der Waals surface area contributed by atoms with Gasteiger partial charge in [-0.25, -0.2) is 4.98 Å². The lowest BCUT2D eigenvalue weighted by Gasteiger charge is -2.04. The zero-order valence-corrected chi connectivity index (χ0v) is 7.77. The Labute approximate surface area is 82.1 Å². The molecule has 14 heavy (non-hydrogen) atoms. The number of carbonyl (C=O) groups is 1. The quantitative estimate of drug-likeness (QED) is 0.773. The van der Waals surface area contributed by atoms with Gasteiger partial charge in [0.05, 0.1) is 6.61 Å². The van der Waals surface area contributed by atoms with Crippen molar-refractivity contribution in [2.24, 2.45) is 11.7 Å². The Kier molecular flexibility index (Phi) is 2.35. The molecule has 1 aliphatic rings. The van der Waals surface area contributed by atoms with Crippen LogP contribution in [0.2, 0.25) is 0 Å². The third kappa shape index (κ3) is 2.22. The lowest BCUT2D eigenvalue weighted by atomic mass is 10.2. The van der Waals surface area contributed by atoms with Crippen molar-refractivity contribution in [2.75, 3.05) is 6.61 Å². The van der Waals surface area contributed by atoms with E-state index in [4.69, 9.17) is 10.5 Å². The Bertz CT molecular complexity index is 348. The Morgan fingerprint density at radius 1 is 1.64 bits per heavy atom. The van der Waals surface area contributed by atoms with Crippen molar-refractivity contribution in [3.8, 4) is 5.88 Å². The van der Waals surface area contributed by atoms with Crippen LogP contribution in [0.25, 0.3) is 0 Å². The highest BCUT2D eigenvalue weighted by Crippen LogP contribution is 2.29. The van der Waals surface area contributed by atoms with E-state index in [2.05, 4.69) is 4.98 Å². The second-order valence-corrected chi connectivity index (χ2v) is 3.50. The fraction of sp³-hybridized carbons (Fsp3) is 0.400. The van der Waals surface area contributed by atoms with Crippen LogP contribution in [0.15, 0.2) is 18.3 Å². The van der Waals surface area contributed by atoms with E-state index in [1.54, 1.807) is 12.1 Å². The van der Waals surface area contributed by atoms with Crippen molar-refractivity contribution in [1.29, 1.82) is 0 Å². The standard InChI is InChI=1S/C10H12N2O2/c11-10(13)8-3-4-12-9(5-8)14-6-7-1-2-7/h3-5,7H,1-2,6H2,(H2,11,13). The number of aromatic nitrogens is 1. The van der Waals surface area contributed by atoms with Crippen LogP contribution >= 0.6 is 0 Å². The molecule has 1 fully saturated rings. The van der Waals surface area contributed by atoms with Gasteiger partial charge in [-0.3, -0.25) is 4.79 Å². The number of nitrogens with two attached hydrogens (primary N) is 1. The van der Waals surface area contributed by atoms with Gasteiger partial charge in [0.25, 0.3) is 0 Å². The third-order valence-electron chi connectivity index (χ3n) is 2.18. The average Bonchev–Trinajstić information content (AvgIpc) is 2.99. The highest BCUT2D eigenvalue weighted by atomic mass is 16.5. The number of rotatable bonds is 4. The summed E-state index contributed by atoms with van der Waals surface area (Å²) in [6, 6.07) is 3.15. The molecule has 0 saturated heterocycles. The molecule has 1 aromatic heterocycles. The van der Waals surface area contributed by atoms with E-state index in [1.165, 1.54) is 19.0 Å². The van der Waals surface area contributed by atoms with Gasteiger partial charge >= 0.3 is 0 Å². The van der Waals surface area contributed by atoms with E-state index in [-0.39, 0.29) is 0 Å². The third-order valence-corrected chi connectivity index (χ3v) is 2.18. The summed E-state index contributed by atoms with van der Waals surface area (Å²) in [5.41, 5.74) is 5.56. The molecule has 1 saturated carbocycles. The number of carbonyl (C=O) groups excluding carboxylic acids is 1. The summed E-state index contributed by atoms with van der Waals surface area (Å²) in [4.78, 5) is 14.8. The normalized spacial score (nSPS) is 15.1. The number of pyridine rings is 1. The van der Waals surface area contributed by atoms with Crippen molar-refractivity contribution in [3.05, 3.63) is 23.9 Å². The van der Waals surface area contributed by atoms with E-state index in [0.717, 1.165) is 0 Å². The number of hydrogen-bond acceptors (Lipinski definition) is 3. The average molecular weight is 192 g/mol. The van der Waals surface area contributed by atoms with Gasteiger partial charge in [0, 0.05) is 17.8 Å². The number of amides is 1. The lowest BCUT2D eigenvalue weighted by Crippen LogP contribution is -2.11. The molecule has 74 valence electrons. The van der Waals surface area contributed by atoms with Gasteiger partial charge in [0.1, 0.15) is 0 Å². The molecule has 2 N–H and O–H groups in total. The molecule has 1 amide bonds. The van der Waals surface area contributed by atoms with Crippen LogP contribution in [0.1, 0.15) is 23.2 Å². The van der Waals surface area contributed by atoms with E-state index in [0.29, 0.717) is 24.0 Å². The molecule has 1 aromatic rings. The highest BCUT2D eigenvalue weighted by Gasteiger charge is 2.22. The molecule has 0 aliphatic heterocycles. The summed E-state index contributed by atoms with van der Waals surface area (Å²) >= 11 is 0. The van der Waals surface area contributed by atoms with Crippen molar-refractivity contribution < 1.29 is 9.53 Å². The monoisotopic (exact) mass is 192 g/mol. The Balaban J connectivity index is 2.01. The van der Waals surface area contributed by atoms with Gasteiger partial charge in [-0.1, -0.05) is 0 Å². The van der Waals surface area contributed by atoms with Crippen molar-refractivity contribution in [3.63, 3.8) is 0 Å². The molecule has 0 aromatic carbocycles. The molecule has 0 atom stereocenters. The van der Waals surface area contributed by atoms with Gasteiger partial charge in [0.15, 0.2) is 0 Å². The highest BCUT2D eigenvalue weighted by molar-refractivity contribution is 5.92. The summed E-state index contributed by atoms with van der Waals surface area (Å²) in [6.45, 7) is 0.690.